The van der Waals surface area contributed by atoms with Crippen LogP contribution in [0.25, 0.3) is 0 Å². The molecule has 0 spiro atoms. The van der Waals surface area contributed by atoms with Crippen molar-refractivity contribution in [2.24, 2.45) is 5.73 Å². The molecule has 0 saturated heterocycles. The number of nitrogens with one attached hydrogen (secondary N) is 1. The summed E-state index contributed by atoms with van der Waals surface area (Å²) in [4.78, 5) is 21.7. The Morgan fingerprint density at radius 1 is 1.67 bits per heavy atom. The molecule has 15 heavy (non-hydrogen) atoms. The molecule has 0 rings (SSSR count). The van der Waals surface area contributed by atoms with E-state index < -0.39 is 23.5 Å². The van der Waals surface area contributed by atoms with E-state index in [9.17, 15) is 14.7 Å². The zero-order valence-corrected chi connectivity index (χ0v) is 8.56. The third-order valence-corrected chi connectivity index (χ3v) is 1.82. The minimum atomic E-state index is -1.98. The maximum Gasteiger partial charge on any atom is 0.337 e. The summed E-state index contributed by atoms with van der Waals surface area (Å²) in [6.07, 6.45) is 1.78. The maximum absolute atomic E-state index is 11.2. The van der Waals surface area contributed by atoms with Crippen molar-refractivity contribution in [1.82, 2.24) is 5.32 Å². The number of hydrogen-bond donors (Lipinski definition) is 4. The van der Waals surface area contributed by atoms with E-state index in [0.717, 1.165) is 6.92 Å². The van der Waals surface area contributed by atoms with E-state index in [2.05, 4.69) is 11.9 Å². The first kappa shape index (κ1) is 13.6. The highest BCUT2D eigenvalue weighted by Gasteiger charge is 2.30. The highest BCUT2D eigenvalue weighted by molar-refractivity contribution is 5.83. The smallest absolute Gasteiger partial charge is 0.337 e. The van der Waals surface area contributed by atoms with Gasteiger partial charge in [0.15, 0.2) is 5.60 Å². The molecule has 6 nitrogen and oxygen atoms in total. The van der Waals surface area contributed by atoms with Crippen LogP contribution < -0.4 is 11.1 Å². The summed E-state index contributed by atoms with van der Waals surface area (Å²) in [6, 6.07) is -0.771. The summed E-state index contributed by atoms with van der Waals surface area (Å²) < 4.78 is 0. The summed E-state index contributed by atoms with van der Waals surface area (Å²) in [7, 11) is 0. The molecule has 0 aliphatic rings. The van der Waals surface area contributed by atoms with E-state index in [0.29, 0.717) is 6.42 Å². The van der Waals surface area contributed by atoms with Crippen molar-refractivity contribution in [2.45, 2.75) is 25.0 Å². The van der Waals surface area contributed by atoms with Gasteiger partial charge >= 0.3 is 5.97 Å². The average Bonchev–Trinajstić information content (AvgIpc) is 2.14. The van der Waals surface area contributed by atoms with Crippen LogP contribution in [0.3, 0.4) is 0 Å². The second kappa shape index (κ2) is 5.47. The molecule has 0 bridgehead atoms. The summed E-state index contributed by atoms with van der Waals surface area (Å²) >= 11 is 0. The Hall–Kier alpha value is -1.40. The number of aliphatic carboxylic acids is 1. The van der Waals surface area contributed by atoms with E-state index >= 15 is 0 Å². The zero-order valence-electron chi connectivity index (χ0n) is 8.56. The van der Waals surface area contributed by atoms with Crippen LogP contribution in [0.2, 0.25) is 0 Å². The van der Waals surface area contributed by atoms with Crippen LogP contribution in [0.5, 0.6) is 0 Å². The molecule has 0 saturated carbocycles. The van der Waals surface area contributed by atoms with Crippen LogP contribution in [0.15, 0.2) is 12.7 Å². The monoisotopic (exact) mass is 216 g/mol. The first-order valence-electron chi connectivity index (χ1n) is 4.41. The van der Waals surface area contributed by atoms with E-state index in [1.807, 2.05) is 0 Å². The molecule has 0 aliphatic heterocycles. The van der Waals surface area contributed by atoms with E-state index in [1.54, 1.807) is 0 Å². The standard InChI is InChI=1S/C9H16N2O4/c1-3-4-6(10)7(12)11-5-9(2,15)8(13)14/h3,6,15H,1,4-5,10H2,2H3,(H,11,12)(H,13,14). The molecular formula is C9H16N2O4. The first-order chi connectivity index (χ1) is 6.81. The Labute approximate surface area is 87.8 Å². The number of hydrogen-bond acceptors (Lipinski definition) is 4. The second-order valence-electron chi connectivity index (χ2n) is 3.43. The quantitative estimate of drug-likeness (QED) is 0.418. The van der Waals surface area contributed by atoms with Gasteiger partial charge in [0.05, 0.1) is 12.6 Å². The van der Waals surface area contributed by atoms with Crippen molar-refractivity contribution in [3.8, 4) is 0 Å². The highest BCUT2D eigenvalue weighted by atomic mass is 16.4. The van der Waals surface area contributed by atoms with Gasteiger partial charge in [-0.2, -0.15) is 0 Å². The second-order valence-corrected chi connectivity index (χ2v) is 3.43. The fourth-order valence-corrected chi connectivity index (χ4v) is 0.753. The molecular weight excluding hydrogens is 200 g/mol. The molecule has 2 atom stereocenters. The van der Waals surface area contributed by atoms with Gasteiger partial charge in [0, 0.05) is 0 Å². The van der Waals surface area contributed by atoms with Crippen molar-refractivity contribution >= 4 is 11.9 Å². The molecule has 1 amide bonds. The van der Waals surface area contributed by atoms with Crippen LogP contribution in [-0.2, 0) is 9.59 Å². The number of amides is 1. The SMILES string of the molecule is C=CCC(N)C(=O)NCC(C)(O)C(=O)O. The fourth-order valence-electron chi connectivity index (χ4n) is 0.753. The molecule has 2 unspecified atom stereocenters. The maximum atomic E-state index is 11.2. The molecule has 5 N–H and O–H groups in total. The zero-order chi connectivity index (χ0) is 12.1. The Morgan fingerprint density at radius 3 is 2.60 bits per heavy atom. The van der Waals surface area contributed by atoms with Crippen LogP contribution in [0, 0.1) is 0 Å². The Bertz CT molecular complexity index is 263. The molecule has 0 aromatic rings. The highest BCUT2D eigenvalue weighted by Crippen LogP contribution is 2.01. The summed E-state index contributed by atoms with van der Waals surface area (Å²) in [5.41, 5.74) is 3.44. The molecule has 0 aromatic heterocycles. The van der Waals surface area contributed by atoms with Gasteiger partial charge in [-0.25, -0.2) is 4.79 Å². The molecule has 0 aliphatic carbocycles. The van der Waals surface area contributed by atoms with Gasteiger partial charge < -0.3 is 21.3 Å². The van der Waals surface area contributed by atoms with E-state index in [-0.39, 0.29) is 6.54 Å². The van der Waals surface area contributed by atoms with Crippen molar-refractivity contribution in [1.29, 1.82) is 0 Å². The van der Waals surface area contributed by atoms with Crippen molar-refractivity contribution in [3.63, 3.8) is 0 Å². The third kappa shape index (κ3) is 4.57. The van der Waals surface area contributed by atoms with Gasteiger partial charge in [-0.05, 0) is 13.3 Å². The minimum absolute atomic E-state index is 0.293. The molecule has 0 fully saturated rings. The summed E-state index contributed by atoms with van der Waals surface area (Å²) in [6.45, 7) is 4.13. The Morgan fingerprint density at radius 2 is 2.20 bits per heavy atom. The molecule has 6 heteroatoms. The predicted molar refractivity (Wildman–Crippen MR) is 54.1 cm³/mol. The predicted octanol–water partition coefficient (Wildman–Crippen LogP) is -1.16. The number of carbonyl (C=O) groups is 2. The van der Waals surface area contributed by atoms with Gasteiger partial charge in [0.1, 0.15) is 0 Å². The number of aliphatic hydroxyl groups is 1. The number of nitrogens with two attached hydrogens (primary N) is 1. The van der Waals surface area contributed by atoms with Crippen LogP contribution in [0.1, 0.15) is 13.3 Å². The van der Waals surface area contributed by atoms with Crippen LogP contribution >= 0.6 is 0 Å². The van der Waals surface area contributed by atoms with Gasteiger partial charge in [-0.1, -0.05) is 6.08 Å². The van der Waals surface area contributed by atoms with E-state index in [1.165, 1.54) is 6.08 Å². The minimum Gasteiger partial charge on any atom is -0.479 e. The topological polar surface area (TPSA) is 113 Å². The van der Waals surface area contributed by atoms with Crippen LogP contribution in [-0.4, -0.2) is 40.3 Å². The molecule has 0 aromatic carbocycles. The van der Waals surface area contributed by atoms with Gasteiger partial charge in [0.2, 0.25) is 5.91 Å². The number of carboxylic acids is 1. The Balaban J connectivity index is 4.11. The van der Waals surface area contributed by atoms with Crippen LogP contribution in [0.4, 0.5) is 0 Å². The number of carbonyl (C=O) groups excluding carboxylic acids is 1. The average molecular weight is 216 g/mol. The lowest BCUT2D eigenvalue weighted by Gasteiger charge is -2.19. The first-order valence-corrected chi connectivity index (χ1v) is 4.41. The number of carboxylic acid groups (broad SMARTS) is 1. The van der Waals surface area contributed by atoms with E-state index in [4.69, 9.17) is 10.8 Å². The largest absolute Gasteiger partial charge is 0.479 e. The summed E-state index contributed by atoms with van der Waals surface area (Å²) in [5, 5.41) is 20.1. The molecule has 0 radical (unpaired) electrons. The fraction of sp³-hybridized carbons (Fsp3) is 0.556. The molecule has 0 heterocycles. The number of rotatable bonds is 6. The lowest BCUT2D eigenvalue weighted by atomic mass is 10.1. The normalized spacial score (nSPS) is 16.2. The lowest BCUT2D eigenvalue weighted by Crippen LogP contribution is -2.50. The third-order valence-electron chi connectivity index (χ3n) is 1.82. The van der Waals surface area contributed by atoms with Crippen molar-refractivity contribution < 1.29 is 19.8 Å². The van der Waals surface area contributed by atoms with Crippen molar-refractivity contribution in [2.75, 3.05) is 6.54 Å². The molecule has 86 valence electrons. The van der Waals surface area contributed by atoms with Crippen molar-refractivity contribution in [3.05, 3.63) is 12.7 Å². The Kier molecular flexibility index (Phi) is 4.96. The van der Waals surface area contributed by atoms with Gasteiger partial charge in [0.25, 0.3) is 0 Å². The van der Waals surface area contributed by atoms with Gasteiger partial charge in [-0.3, -0.25) is 4.79 Å². The lowest BCUT2D eigenvalue weighted by molar-refractivity contribution is -0.156. The summed E-state index contributed by atoms with van der Waals surface area (Å²) in [5.74, 6) is -1.92. The van der Waals surface area contributed by atoms with Gasteiger partial charge in [-0.15, -0.1) is 6.58 Å².